The summed E-state index contributed by atoms with van der Waals surface area (Å²) in [4.78, 5) is 22.6. The summed E-state index contributed by atoms with van der Waals surface area (Å²) in [6.45, 7) is 0. The SMILES string of the molecule is O=c1c(-c2ccccc2)nc2cccnc2n1-c1cccc(-c2ccccc2)c1. The lowest BCUT2D eigenvalue weighted by atomic mass is 10.1. The molecule has 2 heterocycles. The second-order valence-electron chi connectivity index (χ2n) is 6.73. The van der Waals surface area contributed by atoms with Gasteiger partial charge in [-0.15, -0.1) is 0 Å². The molecule has 0 saturated carbocycles. The first kappa shape index (κ1) is 17.1. The molecule has 0 aliphatic heterocycles. The first-order chi connectivity index (χ1) is 14.3. The molecular weight excluding hydrogens is 358 g/mol. The minimum atomic E-state index is -0.187. The van der Waals surface area contributed by atoms with Crippen LogP contribution in [0.2, 0.25) is 0 Å². The Morgan fingerprint density at radius 2 is 1.34 bits per heavy atom. The van der Waals surface area contributed by atoms with Crippen LogP contribution in [0.4, 0.5) is 0 Å². The molecule has 0 radical (unpaired) electrons. The zero-order valence-electron chi connectivity index (χ0n) is 15.6. The number of pyridine rings is 1. The summed E-state index contributed by atoms with van der Waals surface area (Å²) < 4.78 is 1.65. The Labute approximate surface area is 167 Å². The monoisotopic (exact) mass is 375 g/mol. The van der Waals surface area contributed by atoms with Crippen molar-refractivity contribution in [2.45, 2.75) is 0 Å². The van der Waals surface area contributed by atoms with Crippen LogP contribution < -0.4 is 5.56 Å². The van der Waals surface area contributed by atoms with E-state index in [0.29, 0.717) is 16.9 Å². The van der Waals surface area contributed by atoms with Crippen LogP contribution in [0.15, 0.2) is 108 Å². The van der Waals surface area contributed by atoms with E-state index in [0.717, 1.165) is 22.4 Å². The van der Waals surface area contributed by atoms with Crippen molar-refractivity contribution in [1.82, 2.24) is 14.5 Å². The van der Waals surface area contributed by atoms with Gasteiger partial charge in [0.1, 0.15) is 11.2 Å². The Morgan fingerprint density at radius 1 is 0.655 bits per heavy atom. The molecule has 0 bridgehead atoms. The van der Waals surface area contributed by atoms with Crippen LogP contribution >= 0.6 is 0 Å². The van der Waals surface area contributed by atoms with E-state index in [1.54, 1.807) is 10.8 Å². The smallest absolute Gasteiger partial charge is 0.266 e. The van der Waals surface area contributed by atoms with Crippen LogP contribution in [0.5, 0.6) is 0 Å². The number of hydrogen-bond acceptors (Lipinski definition) is 3. The van der Waals surface area contributed by atoms with Crippen molar-refractivity contribution in [3.63, 3.8) is 0 Å². The number of nitrogens with zero attached hydrogens (tertiary/aromatic N) is 3. The topological polar surface area (TPSA) is 47.8 Å². The Morgan fingerprint density at radius 3 is 2.10 bits per heavy atom. The summed E-state index contributed by atoms with van der Waals surface area (Å²) in [5.41, 5.74) is 5.13. The highest BCUT2D eigenvalue weighted by atomic mass is 16.1. The molecule has 0 amide bonds. The molecule has 3 aromatic carbocycles. The lowest BCUT2D eigenvalue weighted by Gasteiger charge is -2.13. The van der Waals surface area contributed by atoms with Crippen molar-refractivity contribution >= 4 is 11.2 Å². The van der Waals surface area contributed by atoms with Crippen LogP contribution in [0, 0.1) is 0 Å². The van der Waals surface area contributed by atoms with Crippen LogP contribution in [0.25, 0.3) is 39.2 Å². The van der Waals surface area contributed by atoms with Crippen LogP contribution in [0.1, 0.15) is 0 Å². The summed E-state index contributed by atoms with van der Waals surface area (Å²) >= 11 is 0. The van der Waals surface area contributed by atoms with Gasteiger partial charge in [0.2, 0.25) is 0 Å². The van der Waals surface area contributed by atoms with Crippen molar-refractivity contribution in [3.8, 4) is 28.1 Å². The largest absolute Gasteiger partial charge is 0.283 e. The van der Waals surface area contributed by atoms with Crippen molar-refractivity contribution in [2.24, 2.45) is 0 Å². The fourth-order valence-corrected chi connectivity index (χ4v) is 3.50. The summed E-state index contributed by atoms with van der Waals surface area (Å²) in [7, 11) is 0. The highest BCUT2D eigenvalue weighted by Gasteiger charge is 2.15. The first-order valence-electron chi connectivity index (χ1n) is 9.40. The van der Waals surface area contributed by atoms with E-state index < -0.39 is 0 Å². The van der Waals surface area contributed by atoms with E-state index in [4.69, 9.17) is 0 Å². The average molecular weight is 375 g/mol. The first-order valence-corrected chi connectivity index (χ1v) is 9.40. The molecule has 0 aliphatic carbocycles. The van der Waals surface area contributed by atoms with E-state index >= 15 is 0 Å². The zero-order chi connectivity index (χ0) is 19.6. The molecule has 138 valence electrons. The van der Waals surface area contributed by atoms with Crippen molar-refractivity contribution < 1.29 is 0 Å². The van der Waals surface area contributed by atoms with Gasteiger partial charge in [0, 0.05) is 11.8 Å². The summed E-state index contributed by atoms with van der Waals surface area (Å²) in [5.74, 6) is 0. The number of hydrogen-bond donors (Lipinski definition) is 0. The third kappa shape index (κ3) is 3.11. The number of aromatic nitrogens is 3. The minimum absolute atomic E-state index is 0.187. The maximum absolute atomic E-state index is 13.5. The molecule has 4 heteroatoms. The predicted octanol–water partition coefficient (Wildman–Crippen LogP) is 5.11. The lowest BCUT2D eigenvalue weighted by molar-refractivity contribution is 0.995. The third-order valence-corrected chi connectivity index (χ3v) is 4.87. The number of benzene rings is 3. The average Bonchev–Trinajstić information content (AvgIpc) is 2.80. The molecule has 0 fully saturated rings. The van der Waals surface area contributed by atoms with Crippen molar-refractivity contribution in [1.29, 1.82) is 0 Å². The van der Waals surface area contributed by atoms with Crippen molar-refractivity contribution in [2.75, 3.05) is 0 Å². The second kappa shape index (κ2) is 7.17. The molecule has 0 aliphatic rings. The van der Waals surface area contributed by atoms with Gasteiger partial charge in [-0.1, -0.05) is 72.8 Å². The van der Waals surface area contributed by atoms with Gasteiger partial charge in [-0.2, -0.15) is 0 Å². The molecule has 0 N–H and O–H groups in total. The maximum atomic E-state index is 13.5. The van der Waals surface area contributed by atoms with Crippen molar-refractivity contribution in [3.05, 3.63) is 114 Å². The van der Waals surface area contributed by atoms with Gasteiger partial charge in [0.05, 0.1) is 5.69 Å². The fraction of sp³-hybridized carbons (Fsp3) is 0. The maximum Gasteiger partial charge on any atom is 0.283 e. The minimum Gasteiger partial charge on any atom is -0.266 e. The van der Waals surface area contributed by atoms with Gasteiger partial charge < -0.3 is 0 Å². The Balaban J connectivity index is 1.79. The fourth-order valence-electron chi connectivity index (χ4n) is 3.50. The van der Waals surface area contributed by atoms with Gasteiger partial charge >= 0.3 is 0 Å². The van der Waals surface area contributed by atoms with E-state index in [-0.39, 0.29) is 5.56 Å². The van der Waals surface area contributed by atoms with E-state index in [2.05, 4.69) is 22.1 Å². The van der Waals surface area contributed by atoms with Gasteiger partial charge in [0.25, 0.3) is 5.56 Å². The molecule has 0 atom stereocenters. The van der Waals surface area contributed by atoms with Gasteiger partial charge in [0.15, 0.2) is 5.65 Å². The molecule has 5 aromatic rings. The molecule has 0 spiro atoms. The van der Waals surface area contributed by atoms with E-state index in [1.165, 1.54) is 0 Å². The number of rotatable bonds is 3. The number of fused-ring (bicyclic) bond motifs is 1. The molecule has 0 saturated heterocycles. The molecule has 4 nitrogen and oxygen atoms in total. The highest BCUT2D eigenvalue weighted by molar-refractivity contribution is 5.77. The van der Waals surface area contributed by atoms with Gasteiger partial charge in [-0.25, -0.2) is 9.97 Å². The van der Waals surface area contributed by atoms with Crippen LogP contribution in [-0.4, -0.2) is 14.5 Å². The van der Waals surface area contributed by atoms with Gasteiger partial charge in [-0.05, 0) is 35.4 Å². The lowest BCUT2D eigenvalue weighted by Crippen LogP contribution is -2.23. The quantitative estimate of drug-likeness (QED) is 0.440. The Hall–Kier alpha value is -4.05. The Bertz CT molecular complexity index is 1360. The van der Waals surface area contributed by atoms with Gasteiger partial charge in [-0.3, -0.25) is 9.36 Å². The normalized spacial score (nSPS) is 10.9. The van der Waals surface area contributed by atoms with Crippen LogP contribution in [0.3, 0.4) is 0 Å². The van der Waals surface area contributed by atoms with E-state index in [1.807, 2.05) is 84.9 Å². The molecular formula is C25H17N3O. The Kier molecular flexibility index (Phi) is 4.22. The molecule has 0 unspecified atom stereocenters. The third-order valence-electron chi connectivity index (χ3n) is 4.87. The predicted molar refractivity (Wildman–Crippen MR) is 116 cm³/mol. The molecule has 2 aromatic heterocycles. The standard InChI is InChI=1S/C25H17N3O/c29-25-23(19-11-5-2-6-12-19)27-22-15-8-16-26-24(22)28(25)21-14-7-13-20(17-21)18-9-3-1-4-10-18/h1-17H. The zero-order valence-corrected chi connectivity index (χ0v) is 15.6. The second-order valence-corrected chi connectivity index (χ2v) is 6.73. The highest BCUT2D eigenvalue weighted by Crippen LogP contribution is 2.24. The summed E-state index contributed by atoms with van der Waals surface area (Å²) in [6.07, 6.45) is 1.68. The summed E-state index contributed by atoms with van der Waals surface area (Å²) in [5, 5.41) is 0. The van der Waals surface area contributed by atoms with Crippen LogP contribution in [-0.2, 0) is 0 Å². The molecule has 5 rings (SSSR count). The summed E-state index contributed by atoms with van der Waals surface area (Å²) in [6, 6.07) is 31.3. The van der Waals surface area contributed by atoms with E-state index in [9.17, 15) is 4.79 Å². The molecule has 29 heavy (non-hydrogen) atoms.